The molecule has 0 heterocycles. The standard InChI is InChI=1S/C15H10Cl2F3O3P/c1-2-8-5-11(17)14(24(21)22)7-13(8)23-12-4-3-9(6-10(12)16)15(18,19)20/h3-7H,2H2,1H3/p+1. The fourth-order valence-corrected chi connectivity index (χ4v) is 3.08. The zero-order valence-corrected chi connectivity index (χ0v) is 14.6. The number of hydrogen-bond donors (Lipinski definition) is 1. The number of hydrogen-bond acceptors (Lipinski definition) is 2. The molecule has 1 N–H and O–H groups in total. The molecule has 0 aliphatic heterocycles. The van der Waals surface area contributed by atoms with E-state index in [1.807, 2.05) is 6.92 Å². The Bertz CT molecular complexity index is 794. The topological polar surface area (TPSA) is 46.5 Å². The molecule has 0 aliphatic carbocycles. The van der Waals surface area contributed by atoms with Crippen molar-refractivity contribution >= 4 is 36.5 Å². The summed E-state index contributed by atoms with van der Waals surface area (Å²) in [7, 11) is -2.70. The van der Waals surface area contributed by atoms with E-state index in [1.54, 1.807) is 0 Å². The Labute approximate surface area is 146 Å². The van der Waals surface area contributed by atoms with Gasteiger partial charge in [0.15, 0.2) is 0 Å². The van der Waals surface area contributed by atoms with Crippen LogP contribution in [0.2, 0.25) is 10.0 Å². The fourth-order valence-electron chi connectivity index (χ4n) is 1.98. The summed E-state index contributed by atoms with van der Waals surface area (Å²) in [5.74, 6) is 0.205. The first-order chi connectivity index (χ1) is 11.1. The molecule has 1 atom stereocenters. The van der Waals surface area contributed by atoms with Gasteiger partial charge < -0.3 is 4.74 Å². The van der Waals surface area contributed by atoms with Crippen LogP contribution in [0.25, 0.3) is 0 Å². The third-order valence-electron chi connectivity index (χ3n) is 3.20. The summed E-state index contributed by atoms with van der Waals surface area (Å²) in [6.45, 7) is 1.81. The van der Waals surface area contributed by atoms with Crippen molar-refractivity contribution in [1.82, 2.24) is 0 Å². The molecular formula is C15H11Cl2F3O3P+. The number of rotatable bonds is 4. The second-order valence-corrected chi connectivity index (χ2v) is 6.62. The number of aryl methyl sites for hydroxylation is 1. The molecule has 0 fully saturated rings. The van der Waals surface area contributed by atoms with Gasteiger partial charge >= 0.3 is 14.2 Å². The minimum absolute atomic E-state index is 0.000746. The molecule has 0 saturated heterocycles. The summed E-state index contributed by atoms with van der Waals surface area (Å²) in [4.78, 5) is 9.26. The number of alkyl halides is 3. The van der Waals surface area contributed by atoms with Crippen LogP contribution in [0.1, 0.15) is 18.1 Å². The van der Waals surface area contributed by atoms with Crippen LogP contribution in [0.4, 0.5) is 13.2 Å². The molecule has 2 aromatic rings. The molecular weight excluding hydrogens is 387 g/mol. The van der Waals surface area contributed by atoms with E-state index in [1.165, 1.54) is 12.1 Å². The molecule has 0 spiro atoms. The number of ether oxygens (including phenoxy) is 1. The van der Waals surface area contributed by atoms with Gasteiger partial charge in [-0.1, -0.05) is 30.1 Å². The smallest absolute Gasteiger partial charge is 0.455 e. The van der Waals surface area contributed by atoms with Gasteiger partial charge in [-0.2, -0.15) is 18.1 Å². The van der Waals surface area contributed by atoms with Gasteiger partial charge in [0.25, 0.3) is 0 Å². The summed E-state index contributed by atoms with van der Waals surface area (Å²) >= 11 is 11.8. The molecule has 0 radical (unpaired) electrons. The first kappa shape index (κ1) is 19.0. The summed E-state index contributed by atoms with van der Waals surface area (Å²) in [5.41, 5.74) is -0.276. The van der Waals surface area contributed by atoms with E-state index in [4.69, 9.17) is 27.9 Å². The van der Waals surface area contributed by atoms with Gasteiger partial charge in [-0.05, 0) is 40.8 Å². The molecule has 2 rings (SSSR count). The van der Waals surface area contributed by atoms with Gasteiger partial charge in [-0.25, -0.2) is 0 Å². The molecule has 0 bridgehead atoms. The third kappa shape index (κ3) is 4.19. The van der Waals surface area contributed by atoms with Gasteiger partial charge in [0.1, 0.15) is 11.5 Å². The highest BCUT2D eigenvalue weighted by Crippen LogP contribution is 2.38. The van der Waals surface area contributed by atoms with Gasteiger partial charge in [0, 0.05) is 6.07 Å². The van der Waals surface area contributed by atoms with E-state index < -0.39 is 19.8 Å². The quantitative estimate of drug-likeness (QED) is 0.670. The van der Waals surface area contributed by atoms with Crippen LogP contribution >= 0.6 is 31.2 Å². The van der Waals surface area contributed by atoms with Crippen LogP contribution in [-0.4, -0.2) is 4.89 Å². The second kappa shape index (κ2) is 7.28. The molecule has 1 unspecified atom stereocenters. The summed E-state index contributed by atoms with van der Waals surface area (Å²) in [6.07, 6.45) is -4.02. The van der Waals surface area contributed by atoms with Gasteiger partial charge in [0.05, 0.1) is 15.6 Å². The van der Waals surface area contributed by atoms with Crippen molar-refractivity contribution in [3.63, 3.8) is 0 Å². The number of halogens is 5. The lowest BCUT2D eigenvalue weighted by Crippen LogP contribution is -2.05. The van der Waals surface area contributed by atoms with Crippen LogP contribution in [0.5, 0.6) is 11.5 Å². The maximum absolute atomic E-state index is 12.7. The lowest BCUT2D eigenvalue weighted by Gasteiger charge is -2.13. The monoisotopic (exact) mass is 397 g/mol. The van der Waals surface area contributed by atoms with Crippen molar-refractivity contribution in [2.45, 2.75) is 19.5 Å². The molecule has 0 aliphatic rings. The zero-order valence-electron chi connectivity index (χ0n) is 12.2. The highest BCUT2D eigenvalue weighted by molar-refractivity contribution is 7.47. The molecule has 3 nitrogen and oxygen atoms in total. The average Bonchev–Trinajstić information content (AvgIpc) is 2.49. The summed E-state index contributed by atoms with van der Waals surface area (Å²) in [6, 6.07) is 5.46. The Hall–Kier alpha value is -1.33. The van der Waals surface area contributed by atoms with Gasteiger partial charge in [-0.15, -0.1) is 0 Å². The predicted molar refractivity (Wildman–Crippen MR) is 86.8 cm³/mol. The average molecular weight is 398 g/mol. The molecule has 128 valence electrons. The van der Waals surface area contributed by atoms with Crippen molar-refractivity contribution < 1.29 is 27.4 Å². The van der Waals surface area contributed by atoms with Crippen molar-refractivity contribution in [3.8, 4) is 11.5 Å². The van der Waals surface area contributed by atoms with Crippen LogP contribution < -0.4 is 10.0 Å². The number of benzene rings is 2. The highest BCUT2D eigenvalue weighted by Gasteiger charge is 2.31. The molecule has 24 heavy (non-hydrogen) atoms. The van der Waals surface area contributed by atoms with Crippen molar-refractivity contribution in [3.05, 3.63) is 51.5 Å². The van der Waals surface area contributed by atoms with E-state index in [0.29, 0.717) is 12.0 Å². The van der Waals surface area contributed by atoms with E-state index >= 15 is 0 Å². The van der Waals surface area contributed by atoms with E-state index in [2.05, 4.69) is 0 Å². The molecule has 0 amide bonds. The van der Waals surface area contributed by atoms with Crippen LogP contribution in [0.3, 0.4) is 0 Å². The van der Waals surface area contributed by atoms with Crippen LogP contribution in [0, 0.1) is 0 Å². The predicted octanol–water partition coefficient (Wildman–Crippen LogP) is 5.73. The lowest BCUT2D eigenvalue weighted by molar-refractivity contribution is -0.137. The molecule has 9 heteroatoms. The minimum Gasteiger partial charge on any atom is -0.455 e. The van der Waals surface area contributed by atoms with Crippen LogP contribution in [-0.2, 0) is 17.2 Å². The Morgan fingerprint density at radius 1 is 1.12 bits per heavy atom. The Morgan fingerprint density at radius 2 is 1.79 bits per heavy atom. The van der Waals surface area contributed by atoms with Crippen molar-refractivity contribution in [2.24, 2.45) is 0 Å². The van der Waals surface area contributed by atoms with E-state index in [9.17, 15) is 22.6 Å². The Kier molecular flexibility index (Phi) is 5.76. The summed E-state index contributed by atoms with van der Waals surface area (Å²) < 4.78 is 54.8. The third-order valence-corrected chi connectivity index (χ3v) is 4.72. The van der Waals surface area contributed by atoms with Crippen molar-refractivity contribution in [1.29, 1.82) is 0 Å². The molecule has 2 aromatic carbocycles. The Balaban J connectivity index is 2.44. The maximum atomic E-state index is 12.7. The normalized spacial score (nSPS) is 12.2. The second-order valence-electron chi connectivity index (χ2n) is 4.78. The SMILES string of the molecule is CCc1cc(Cl)c([P+](=O)O)cc1Oc1ccc(C(F)(F)F)cc1Cl. The molecule has 0 aromatic heterocycles. The first-order valence-corrected chi connectivity index (χ1v) is 8.63. The fraction of sp³-hybridized carbons (Fsp3) is 0.200. The van der Waals surface area contributed by atoms with E-state index in [0.717, 1.165) is 18.2 Å². The molecule has 0 saturated carbocycles. The van der Waals surface area contributed by atoms with Crippen LogP contribution in [0.15, 0.2) is 30.3 Å². The Morgan fingerprint density at radius 3 is 2.29 bits per heavy atom. The van der Waals surface area contributed by atoms with E-state index in [-0.39, 0.29) is 26.8 Å². The maximum Gasteiger partial charge on any atom is 0.547 e. The minimum atomic E-state index is -4.51. The largest absolute Gasteiger partial charge is 0.547 e. The highest BCUT2D eigenvalue weighted by atomic mass is 35.5. The first-order valence-electron chi connectivity index (χ1n) is 6.66. The van der Waals surface area contributed by atoms with Crippen molar-refractivity contribution in [2.75, 3.05) is 0 Å². The van der Waals surface area contributed by atoms with Gasteiger partial charge in [-0.3, -0.25) is 0 Å². The lowest BCUT2D eigenvalue weighted by atomic mass is 10.1. The van der Waals surface area contributed by atoms with Gasteiger partial charge in [0.2, 0.25) is 5.30 Å². The summed E-state index contributed by atoms with van der Waals surface area (Å²) in [5, 5.41) is -0.139. The zero-order chi connectivity index (χ0) is 18.1.